The lowest BCUT2D eigenvalue weighted by atomic mass is 10.4. The monoisotopic (exact) mass is 114 g/mol. The summed E-state index contributed by atoms with van der Waals surface area (Å²) in [7, 11) is 0. The molecule has 0 spiro atoms. The van der Waals surface area contributed by atoms with Gasteiger partial charge >= 0.3 is 0 Å². The summed E-state index contributed by atoms with van der Waals surface area (Å²) < 4.78 is 0. The zero-order chi connectivity index (χ0) is 6.15. The smallest absolute Gasteiger partial charge is 0.252 e. The summed E-state index contributed by atoms with van der Waals surface area (Å²) in [6.45, 7) is 0. The van der Waals surface area contributed by atoms with Crippen LogP contribution in [0.15, 0.2) is 0 Å². The van der Waals surface area contributed by atoms with Crippen molar-refractivity contribution in [3.05, 3.63) is 0 Å². The quantitative estimate of drug-likeness (QED) is 0.434. The average Bonchev–Trinajstić information content (AvgIpc) is 1.98. The molecule has 1 rings (SSSR count). The fraction of sp³-hybridized carbons (Fsp3) is 0.500. The van der Waals surface area contributed by atoms with Crippen molar-refractivity contribution in [2.75, 3.05) is 0 Å². The van der Waals surface area contributed by atoms with Crippen molar-refractivity contribution in [1.82, 2.24) is 5.06 Å². The van der Waals surface area contributed by atoms with Crippen LogP contribution < -0.4 is 0 Å². The second-order valence-electron chi connectivity index (χ2n) is 1.65. The van der Waals surface area contributed by atoms with E-state index in [1.54, 1.807) is 0 Å². The van der Waals surface area contributed by atoms with Crippen molar-refractivity contribution in [3.63, 3.8) is 0 Å². The normalized spacial score (nSPS) is 20.4. The summed E-state index contributed by atoms with van der Waals surface area (Å²) in [5.41, 5.74) is 0. The Balaban J connectivity index is 2.70. The molecule has 8 heavy (non-hydrogen) atoms. The molecule has 1 heterocycles. The number of nitrogens with zero attached hydrogens (tertiary/aromatic N) is 1. The second kappa shape index (κ2) is 1.56. The highest BCUT2D eigenvalue weighted by molar-refractivity contribution is 6.01. The Morgan fingerprint density at radius 1 is 1.62 bits per heavy atom. The Hall–Kier alpha value is -0.900. The molecule has 0 saturated carbocycles. The first-order chi connectivity index (χ1) is 3.72. The van der Waals surface area contributed by atoms with Crippen molar-refractivity contribution < 1.29 is 10.0 Å². The third-order valence-electron chi connectivity index (χ3n) is 1.07. The van der Waals surface area contributed by atoms with Crippen LogP contribution in [0, 0.1) is 5.41 Å². The standard InChI is InChI=1S/C4H6N2O2/c5-3-1-2-4(7)6(3)8/h5,8H,1-2H2. The van der Waals surface area contributed by atoms with E-state index in [0.29, 0.717) is 11.5 Å². The largest absolute Gasteiger partial charge is 0.286 e. The molecule has 1 amide bonds. The van der Waals surface area contributed by atoms with E-state index in [2.05, 4.69) is 0 Å². The number of rotatable bonds is 0. The molecule has 0 aromatic carbocycles. The van der Waals surface area contributed by atoms with Gasteiger partial charge in [-0.05, 0) is 0 Å². The first kappa shape index (κ1) is 5.24. The van der Waals surface area contributed by atoms with Gasteiger partial charge in [0.05, 0.1) is 0 Å². The summed E-state index contributed by atoms with van der Waals surface area (Å²) in [6, 6.07) is 0. The van der Waals surface area contributed by atoms with E-state index < -0.39 is 0 Å². The summed E-state index contributed by atoms with van der Waals surface area (Å²) in [5.74, 6) is -0.384. The highest BCUT2D eigenvalue weighted by Gasteiger charge is 2.23. The molecule has 4 nitrogen and oxygen atoms in total. The Labute approximate surface area is 46.2 Å². The van der Waals surface area contributed by atoms with Gasteiger partial charge in [-0.15, -0.1) is 0 Å². The molecule has 2 N–H and O–H groups in total. The van der Waals surface area contributed by atoms with E-state index in [4.69, 9.17) is 10.6 Å². The van der Waals surface area contributed by atoms with Crippen molar-refractivity contribution in [3.8, 4) is 0 Å². The molecule has 4 heteroatoms. The van der Waals surface area contributed by atoms with E-state index in [0.717, 1.165) is 0 Å². The Kier molecular flexibility index (Phi) is 1.02. The number of carbonyl (C=O) groups excluding carboxylic acids is 1. The van der Waals surface area contributed by atoms with Crippen molar-refractivity contribution >= 4 is 11.7 Å². The van der Waals surface area contributed by atoms with Crippen molar-refractivity contribution in [2.24, 2.45) is 0 Å². The molecule has 1 aliphatic rings. The number of hydroxylamine groups is 2. The second-order valence-corrected chi connectivity index (χ2v) is 1.65. The minimum absolute atomic E-state index is 0.00463. The number of amides is 1. The molecular weight excluding hydrogens is 108 g/mol. The minimum atomic E-state index is -0.380. The van der Waals surface area contributed by atoms with Crippen LogP contribution in [-0.4, -0.2) is 22.0 Å². The lowest BCUT2D eigenvalue weighted by molar-refractivity contribution is -0.145. The molecule has 1 saturated heterocycles. The molecule has 0 aromatic heterocycles. The number of hydrogen-bond acceptors (Lipinski definition) is 3. The maximum atomic E-state index is 10.3. The first-order valence-corrected chi connectivity index (χ1v) is 2.31. The summed E-state index contributed by atoms with van der Waals surface area (Å²) in [4.78, 5) is 10.3. The topological polar surface area (TPSA) is 64.4 Å². The number of amidine groups is 1. The molecule has 0 aliphatic carbocycles. The van der Waals surface area contributed by atoms with Crippen LogP contribution in [0.4, 0.5) is 0 Å². The minimum Gasteiger partial charge on any atom is -0.286 e. The molecular formula is C4H6N2O2. The van der Waals surface area contributed by atoms with Gasteiger partial charge in [0, 0.05) is 12.8 Å². The fourth-order valence-corrected chi connectivity index (χ4v) is 0.588. The SMILES string of the molecule is N=C1CCC(=O)N1O. The van der Waals surface area contributed by atoms with Gasteiger partial charge in [-0.3, -0.25) is 15.4 Å². The third-order valence-corrected chi connectivity index (χ3v) is 1.07. The third kappa shape index (κ3) is 0.586. The molecule has 1 aliphatic heterocycles. The van der Waals surface area contributed by atoms with E-state index in [1.807, 2.05) is 0 Å². The first-order valence-electron chi connectivity index (χ1n) is 2.31. The Morgan fingerprint density at radius 3 is 2.38 bits per heavy atom. The molecule has 0 radical (unpaired) electrons. The number of hydrogen-bond donors (Lipinski definition) is 2. The van der Waals surface area contributed by atoms with E-state index in [-0.39, 0.29) is 18.2 Å². The maximum Gasteiger partial charge on any atom is 0.252 e. The van der Waals surface area contributed by atoms with Gasteiger partial charge in [-0.1, -0.05) is 0 Å². The van der Waals surface area contributed by atoms with Crippen LogP contribution in [-0.2, 0) is 4.79 Å². The lowest BCUT2D eigenvalue weighted by Crippen LogP contribution is -2.23. The van der Waals surface area contributed by atoms with Gasteiger partial charge in [0.15, 0.2) is 0 Å². The van der Waals surface area contributed by atoms with Crippen LogP contribution in [0.2, 0.25) is 0 Å². The van der Waals surface area contributed by atoms with Gasteiger partial charge in [0.1, 0.15) is 5.84 Å². The fourth-order valence-electron chi connectivity index (χ4n) is 0.588. The highest BCUT2D eigenvalue weighted by atomic mass is 16.5. The van der Waals surface area contributed by atoms with E-state index in [9.17, 15) is 4.79 Å². The van der Waals surface area contributed by atoms with Crippen LogP contribution >= 0.6 is 0 Å². The zero-order valence-corrected chi connectivity index (χ0v) is 4.22. The maximum absolute atomic E-state index is 10.3. The van der Waals surface area contributed by atoms with Crippen molar-refractivity contribution in [2.45, 2.75) is 12.8 Å². The van der Waals surface area contributed by atoms with Crippen molar-refractivity contribution in [1.29, 1.82) is 5.41 Å². The van der Waals surface area contributed by atoms with Gasteiger partial charge < -0.3 is 0 Å². The van der Waals surface area contributed by atoms with Crippen LogP contribution in [0.5, 0.6) is 0 Å². The van der Waals surface area contributed by atoms with E-state index in [1.165, 1.54) is 0 Å². The number of nitrogens with one attached hydrogen (secondary N) is 1. The van der Waals surface area contributed by atoms with Gasteiger partial charge in [-0.25, -0.2) is 0 Å². The highest BCUT2D eigenvalue weighted by Crippen LogP contribution is 2.07. The molecule has 0 bridgehead atoms. The zero-order valence-electron chi connectivity index (χ0n) is 4.22. The van der Waals surface area contributed by atoms with Gasteiger partial charge in [-0.2, -0.15) is 5.06 Å². The van der Waals surface area contributed by atoms with Gasteiger partial charge in [0.25, 0.3) is 5.91 Å². The van der Waals surface area contributed by atoms with Crippen LogP contribution in [0.1, 0.15) is 12.8 Å². The average molecular weight is 114 g/mol. The summed E-state index contributed by atoms with van der Waals surface area (Å²) >= 11 is 0. The van der Waals surface area contributed by atoms with Crippen LogP contribution in [0.3, 0.4) is 0 Å². The molecule has 44 valence electrons. The lowest BCUT2D eigenvalue weighted by Gasteiger charge is -2.01. The molecule has 0 aromatic rings. The molecule has 0 atom stereocenters. The molecule has 1 fully saturated rings. The van der Waals surface area contributed by atoms with Crippen LogP contribution in [0.25, 0.3) is 0 Å². The Bertz CT molecular complexity index is 127. The molecule has 0 unspecified atom stereocenters. The summed E-state index contributed by atoms with van der Waals surface area (Å²) in [5, 5.41) is 15.8. The number of carbonyl (C=O) groups is 1. The van der Waals surface area contributed by atoms with Gasteiger partial charge in [0.2, 0.25) is 0 Å². The predicted molar refractivity (Wildman–Crippen MR) is 25.6 cm³/mol. The Morgan fingerprint density at radius 2 is 2.25 bits per heavy atom. The van der Waals surface area contributed by atoms with E-state index >= 15 is 0 Å². The summed E-state index contributed by atoms with van der Waals surface area (Å²) in [6.07, 6.45) is 0.644. The predicted octanol–water partition coefficient (Wildman–Crippen LogP) is -0.0247.